The maximum Gasteiger partial charge on any atom is 0.307 e. The van der Waals surface area contributed by atoms with Gasteiger partial charge in [-0.25, -0.2) is 0 Å². The van der Waals surface area contributed by atoms with Gasteiger partial charge in [0.2, 0.25) is 0 Å². The van der Waals surface area contributed by atoms with Gasteiger partial charge >= 0.3 is 5.97 Å². The molecule has 0 aromatic heterocycles. The number of nitrogens with zero attached hydrogens (tertiary/aromatic N) is 1. The van der Waals surface area contributed by atoms with E-state index in [1.54, 1.807) is 0 Å². The largest absolute Gasteiger partial charge is 0.469 e. The molecule has 0 heterocycles. The summed E-state index contributed by atoms with van der Waals surface area (Å²) in [6, 6.07) is 8.00. The van der Waals surface area contributed by atoms with E-state index in [0.29, 0.717) is 18.4 Å². The topological polar surface area (TPSA) is 76.7 Å². The number of aliphatic imine (C=N–C) groups is 1. The molecule has 1 rings (SSSR count). The second-order valence-electron chi connectivity index (χ2n) is 4.50. The van der Waals surface area contributed by atoms with Gasteiger partial charge in [0, 0.05) is 5.69 Å². The maximum absolute atomic E-state index is 10.9. The predicted molar refractivity (Wildman–Crippen MR) is 92.7 cm³/mol. The van der Waals surface area contributed by atoms with Crippen LogP contribution in [0.2, 0.25) is 0 Å². The standard InChI is InChI=1S/C14H21N3O2.HI/c1-10(2)11-5-4-6-12(9-11)17-14(15)16-8-7-13(18)19-3;/h4-6,9-10H,7-8H2,1-3H3,(H3,15,16,17);1H. The first-order valence-electron chi connectivity index (χ1n) is 6.26. The van der Waals surface area contributed by atoms with E-state index in [0.717, 1.165) is 5.69 Å². The molecule has 0 saturated heterocycles. The molecule has 0 bridgehead atoms. The highest BCUT2D eigenvalue weighted by atomic mass is 127. The number of hydrogen-bond donors (Lipinski definition) is 2. The van der Waals surface area contributed by atoms with Crippen LogP contribution in [0, 0.1) is 0 Å². The molecule has 20 heavy (non-hydrogen) atoms. The number of guanidine groups is 1. The van der Waals surface area contributed by atoms with Gasteiger partial charge in [-0.15, -0.1) is 24.0 Å². The number of carbonyl (C=O) groups excluding carboxylic acids is 1. The number of nitrogens with one attached hydrogen (secondary N) is 1. The first kappa shape index (κ1) is 18.7. The number of ether oxygens (including phenoxy) is 1. The summed E-state index contributed by atoms with van der Waals surface area (Å²) in [6.45, 7) is 4.58. The summed E-state index contributed by atoms with van der Waals surface area (Å²) in [5.41, 5.74) is 7.87. The third-order valence-corrected chi connectivity index (χ3v) is 2.65. The fourth-order valence-electron chi connectivity index (χ4n) is 1.53. The van der Waals surface area contributed by atoms with Gasteiger partial charge in [0.15, 0.2) is 5.96 Å². The Hall–Kier alpha value is -1.31. The van der Waals surface area contributed by atoms with E-state index >= 15 is 0 Å². The van der Waals surface area contributed by atoms with E-state index in [1.165, 1.54) is 12.7 Å². The molecule has 112 valence electrons. The molecule has 0 fully saturated rings. The summed E-state index contributed by atoms with van der Waals surface area (Å²) in [5, 5.41) is 3.00. The molecule has 5 nitrogen and oxygen atoms in total. The molecule has 1 aromatic carbocycles. The molecular formula is C14H22IN3O2. The van der Waals surface area contributed by atoms with Gasteiger partial charge in [-0.1, -0.05) is 26.0 Å². The van der Waals surface area contributed by atoms with Crippen molar-refractivity contribution in [3.63, 3.8) is 0 Å². The summed E-state index contributed by atoms with van der Waals surface area (Å²) < 4.78 is 4.52. The minimum atomic E-state index is -0.293. The lowest BCUT2D eigenvalue weighted by Crippen LogP contribution is -2.23. The van der Waals surface area contributed by atoms with Crippen LogP contribution in [0.5, 0.6) is 0 Å². The number of esters is 1. The van der Waals surface area contributed by atoms with E-state index in [2.05, 4.69) is 35.0 Å². The van der Waals surface area contributed by atoms with Gasteiger partial charge in [0.25, 0.3) is 0 Å². The molecular weight excluding hydrogens is 369 g/mol. The quantitative estimate of drug-likeness (QED) is 0.350. The lowest BCUT2D eigenvalue weighted by molar-refractivity contribution is -0.140. The molecule has 1 aromatic rings. The smallest absolute Gasteiger partial charge is 0.307 e. The number of hydrogen-bond acceptors (Lipinski definition) is 3. The van der Waals surface area contributed by atoms with Crippen LogP contribution in [0.3, 0.4) is 0 Å². The van der Waals surface area contributed by atoms with E-state index in [9.17, 15) is 4.79 Å². The third-order valence-electron chi connectivity index (χ3n) is 2.65. The van der Waals surface area contributed by atoms with Crippen molar-refractivity contribution in [3.05, 3.63) is 29.8 Å². The van der Waals surface area contributed by atoms with Crippen molar-refractivity contribution in [1.29, 1.82) is 0 Å². The van der Waals surface area contributed by atoms with E-state index in [-0.39, 0.29) is 36.4 Å². The number of benzene rings is 1. The van der Waals surface area contributed by atoms with Crippen molar-refractivity contribution < 1.29 is 9.53 Å². The minimum Gasteiger partial charge on any atom is -0.469 e. The molecule has 0 amide bonds. The first-order valence-corrected chi connectivity index (χ1v) is 6.26. The molecule has 6 heteroatoms. The average Bonchev–Trinajstić information content (AvgIpc) is 2.38. The molecule has 0 aliphatic heterocycles. The molecule has 3 N–H and O–H groups in total. The third kappa shape index (κ3) is 6.74. The van der Waals surface area contributed by atoms with Crippen molar-refractivity contribution in [2.75, 3.05) is 19.0 Å². The molecule has 0 radical (unpaired) electrons. The molecule has 0 atom stereocenters. The molecule has 0 saturated carbocycles. The van der Waals surface area contributed by atoms with Gasteiger partial charge < -0.3 is 15.8 Å². The van der Waals surface area contributed by atoms with Gasteiger partial charge in [-0.05, 0) is 23.6 Å². The summed E-state index contributed by atoms with van der Waals surface area (Å²) in [7, 11) is 1.35. The van der Waals surface area contributed by atoms with Crippen LogP contribution in [-0.2, 0) is 9.53 Å². The number of halogens is 1. The van der Waals surface area contributed by atoms with Crippen LogP contribution in [0.25, 0.3) is 0 Å². The Morgan fingerprint density at radius 1 is 1.45 bits per heavy atom. The van der Waals surface area contributed by atoms with Crippen molar-refractivity contribution in [2.45, 2.75) is 26.2 Å². The van der Waals surface area contributed by atoms with Gasteiger partial charge in [0.1, 0.15) is 0 Å². The monoisotopic (exact) mass is 391 g/mol. The molecule has 0 aliphatic rings. The Morgan fingerprint density at radius 3 is 2.75 bits per heavy atom. The first-order chi connectivity index (χ1) is 9.02. The molecule has 0 spiro atoms. The second kappa shape index (κ2) is 9.57. The lowest BCUT2D eigenvalue weighted by atomic mass is 10.0. The maximum atomic E-state index is 10.9. The zero-order valence-corrected chi connectivity index (χ0v) is 14.4. The van der Waals surface area contributed by atoms with Gasteiger partial charge in [0.05, 0.1) is 20.1 Å². The highest BCUT2D eigenvalue weighted by Gasteiger charge is 2.02. The Balaban J connectivity index is 0.00000361. The lowest BCUT2D eigenvalue weighted by Gasteiger charge is -2.09. The SMILES string of the molecule is COC(=O)CCN=C(N)Nc1cccc(C(C)C)c1.I. The Labute approximate surface area is 137 Å². The zero-order chi connectivity index (χ0) is 14.3. The fourth-order valence-corrected chi connectivity index (χ4v) is 1.53. The number of nitrogens with two attached hydrogens (primary N) is 1. The summed E-state index contributed by atoms with van der Waals surface area (Å²) in [4.78, 5) is 15.0. The number of methoxy groups -OCH3 is 1. The van der Waals surface area contributed by atoms with Gasteiger partial charge in [-0.3, -0.25) is 9.79 Å². The van der Waals surface area contributed by atoms with Crippen LogP contribution >= 0.6 is 24.0 Å². The summed E-state index contributed by atoms with van der Waals surface area (Å²) in [6.07, 6.45) is 0.227. The van der Waals surface area contributed by atoms with Crippen LogP contribution in [0.4, 0.5) is 5.69 Å². The highest BCUT2D eigenvalue weighted by Crippen LogP contribution is 2.18. The van der Waals surface area contributed by atoms with Crippen molar-refractivity contribution >= 4 is 41.6 Å². The van der Waals surface area contributed by atoms with Crippen molar-refractivity contribution in [1.82, 2.24) is 0 Å². The Bertz CT molecular complexity index is 461. The van der Waals surface area contributed by atoms with Crippen LogP contribution < -0.4 is 11.1 Å². The van der Waals surface area contributed by atoms with E-state index < -0.39 is 0 Å². The van der Waals surface area contributed by atoms with Crippen LogP contribution in [0.1, 0.15) is 31.7 Å². The summed E-state index contributed by atoms with van der Waals surface area (Å²) >= 11 is 0. The van der Waals surface area contributed by atoms with Crippen LogP contribution in [-0.4, -0.2) is 25.6 Å². The Kier molecular flexibility index (Phi) is 8.94. The highest BCUT2D eigenvalue weighted by molar-refractivity contribution is 14.0. The number of carbonyl (C=O) groups is 1. The normalized spacial score (nSPS) is 10.9. The number of rotatable bonds is 5. The van der Waals surface area contributed by atoms with E-state index in [4.69, 9.17) is 5.73 Å². The van der Waals surface area contributed by atoms with Gasteiger partial charge in [-0.2, -0.15) is 0 Å². The zero-order valence-electron chi connectivity index (χ0n) is 12.1. The molecule has 0 aliphatic carbocycles. The van der Waals surface area contributed by atoms with Crippen molar-refractivity contribution in [3.8, 4) is 0 Å². The predicted octanol–water partition coefficient (Wildman–Crippen LogP) is 2.72. The number of anilines is 1. The van der Waals surface area contributed by atoms with Crippen LogP contribution in [0.15, 0.2) is 29.3 Å². The minimum absolute atomic E-state index is 0. The average molecular weight is 391 g/mol. The fraction of sp³-hybridized carbons (Fsp3) is 0.429. The van der Waals surface area contributed by atoms with E-state index in [1.807, 2.05) is 18.2 Å². The van der Waals surface area contributed by atoms with Crippen molar-refractivity contribution in [2.24, 2.45) is 10.7 Å². The molecule has 0 unspecified atom stereocenters. The second-order valence-corrected chi connectivity index (χ2v) is 4.50. The summed E-state index contributed by atoms with van der Waals surface area (Å²) in [5.74, 6) is 0.461. The Morgan fingerprint density at radius 2 is 2.15 bits per heavy atom.